The van der Waals surface area contributed by atoms with Gasteiger partial charge in [-0.25, -0.2) is 18.0 Å². The van der Waals surface area contributed by atoms with Crippen molar-refractivity contribution in [3.8, 4) is 5.75 Å². The number of benzene rings is 1. The summed E-state index contributed by atoms with van der Waals surface area (Å²) in [6.07, 6.45) is -3.99. The molecule has 0 saturated heterocycles. The third kappa shape index (κ3) is 9.25. The van der Waals surface area contributed by atoms with Gasteiger partial charge in [-0.3, -0.25) is 0 Å². The van der Waals surface area contributed by atoms with Crippen LogP contribution in [0, 0.1) is 5.82 Å². The summed E-state index contributed by atoms with van der Waals surface area (Å²) in [7, 11) is -1.26. The van der Waals surface area contributed by atoms with Gasteiger partial charge >= 0.3 is 5.97 Å². The van der Waals surface area contributed by atoms with Crippen molar-refractivity contribution in [1.29, 1.82) is 0 Å². The van der Waals surface area contributed by atoms with Crippen molar-refractivity contribution >= 4 is 14.0 Å². The third-order valence-corrected chi connectivity index (χ3v) is 5.15. The van der Waals surface area contributed by atoms with Crippen LogP contribution in [0.5, 0.6) is 5.75 Å². The van der Waals surface area contributed by atoms with E-state index in [-0.39, 0.29) is 24.7 Å². The van der Waals surface area contributed by atoms with Crippen molar-refractivity contribution in [1.82, 2.24) is 0 Å². The van der Waals surface area contributed by atoms with Gasteiger partial charge in [0.25, 0.3) is 6.43 Å². The molecule has 0 heterocycles. The number of carbonyl (C=O) groups is 1. The third-order valence-electron chi connectivity index (χ3n) is 3.45. The van der Waals surface area contributed by atoms with Gasteiger partial charge in [0.15, 0.2) is 6.10 Å². The fourth-order valence-electron chi connectivity index (χ4n) is 2.03. The molecule has 0 spiro atoms. The van der Waals surface area contributed by atoms with Crippen LogP contribution < -0.4 is 4.74 Å². The van der Waals surface area contributed by atoms with Crippen LogP contribution in [0.1, 0.15) is 18.6 Å². The molecule has 0 N–H and O–H groups in total. The zero-order valence-corrected chi connectivity index (χ0v) is 17.1. The summed E-state index contributed by atoms with van der Waals surface area (Å²) in [4.78, 5) is 12.1. The van der Waals surface area contributed by atoms with Crippen LogP contribution in [0.3, 0.4) is 0 Å². The van der Waals surface area contributed by atoms with Crippen LogP contribution in [0.25, 0.3) is 0 Å². The number of esters is 1. The molecular weight excluding hydrogens is 381 g/mol. The van der Waals surface area contributed by atoms with Crippen molar-refractivity contribution in [2.45, 2.75) is 45.1 Å². The largest absolute Gasteiger partial charge is 0.488 e. The van der Waals surface area contributed by atoms with Gasteiger partial charge in [0.1, 0.15) is 25.0 Å². The number of alkyl halides is 2. The molecule has 0 aliphatic heterocycles. The first kappa shape index (κ1) is 23.5. The fourth-order valence-corrected chi connectivity index (χ4v) is 2.78. The molecule has 0 aliphatic rings. The zero-order valence-electron chi connectivity index (χ0n) is 16.1. The Hall–Kier alpha value is -1.58. The van der Waals surface area contributed by atoms with E-state index >= 15 is 0 Å². The first-order chi connectivity index (χ1) is 12.6. The minimum Gasteiger partial charge on any atom is -0.488 e. The maximum atomic E-state index is 14.4. The molecule has 0 radical (unpaired) electrons. The molecule has 154 valence electrons. The van der Waals surface area contributed by atoms with Gasteiger partial charge in [-0.2, -0.15) is 0 Å². The molecule has 9 heteroatoms. The SMILES string of the molecule is CCOC(=O)C(OCOCC[Si](C)(C)C)c1ccc(OCC(F)F)cc1F. The molecule has 0 saturated carbocycles. The van der Waals surface area contributed by atoms with Crippen molar-refractivity contribution < 1.29 is 36.9 Å². The van der Waals surface area contributed by atoms with Crippen LogP contribution in [0.4, 0.5) is 13.2 Å². The van der Waals surface area contributed by atoms with Crippen LogP contribution >= 0.6 is 0 Å². The molecule has 1 atom stereocenters. The lowest BCUT2D eigenvalue weighted by atomic mass is 10.1. The first-order valence-electron chi connectivity index (χ1n) is 8.70. The Morgan fingerprint density at radius 3 is 2.48 bits per heavy atom. The average molecular weight is 408 g/mol. The number of halogens is 3. The van der Waals surface area contributed by atoms with Crippen molar-refractivity contribution in [2.24, 2.45) is 0 Å². The second-order valence-corrected chi connectivity index (χ2v) is 12.6. The normalized spacial score (nSPS) is 12.9. The number of ether oxygens (including phenoxy) is 4. The van der Waals surface area contributed by atoms with E-state index in [0.717, 1.165) is 12.1 Å². The Balaban J connectivity index is 2.76. The number of carbonyl (C=O) groups excluding carboxylic acids is 1. The first-order valence-corrected chi connectivity index (χ1v) is 12.4. The summed E-state index contributed by atoms with van der Waals surface area (Å²) in [5, 5.41) is 0. The smallest absolute Gasteiger partial charge is 0.340 e. The standard InChI is InChI=1S/C18H27F3O5Si/c1-5-24-18(22)17(26-12-23-8-9-27(2,3)4)14-7-6-13(10-15(14)19)25-11-16(20)21/h6-7,10,16-17H,5,8-9,11-12H2,1-4H3. The molecule has 0 bridgehead atoms. The maximum absolute atomic E-state index is 14.4. The second-order valence-electron chi connectivity index (χ2n) is 7.02. The predicted molar refractivity (Wildman–Crippen MR) is 97.3 cm³/mol. The Bertz CT molecular complexity index is 593. The lowest BCUT2D eigenvalue weighted by Crippen LogP contribution is -2.24. The summed E-state index contributed by atoms with van der Waals surface area (Å²) in [5.41, 5.74) is -0.0772. The van der Waals surface area contributed by atoms with Crippen LogP contribution in [0.2, 0.25) is 25.7 Å². The molecule has 27 heavy (non-hydrogen) atoms. The average Bonchev–Trinajstić information content (AvgIpc) is 2.56. The molecule has 1 unspecified atom stereocenters. The molecule has 1 rings (SSSR count). The summed E-state index contributed by atoms with van der Waals surface area (Å²) in [6.45, 7) is 7.76. The van der Waals surface area contributed by atoms with E-state index in [1.807, 2.05) is 0 Å². The van der Waals surface area contributed by atoms with Crippen LogP contribution in [-0.4, -0.2) is 47.1 Å². The van der Waals surface area contributed by atoms with Gasteiger partial charge < -0.3 is 18.9 Å². The lowest BCUT2D eigenvalue weighted by Gasteiger charge is -2.19. The highest BCUT2D eigenvalue weighted by Crippen LogP contribution is 2.26. The Kier molecular flexibility index (Phi) is 9.82. The molecule has 1 aromatic rings. The van der Waals surface area contributed by atoms with Crippen LogP contribution in [-0.2, 0) is 19.0 Å². The van der Waals surface area contributed by atoms with Crippen molar-refractivity contribution in [3.63, 3.8) is 0 Å². The Morgan fingerprint density at radius 1 is 1.22 bits per heavy atom. The fraction of sp³-hybridized carbons (Fsp3) is 0.611. The van der Waals surface area contributed by atoms with E-state index in [2.05, 4.69) is 19.6 Å². The molecule has 1 aromatic carbocycles. The van der Waals surface area contributed by atoms with Gasteiger partial charge in [-0.1, -0.05) is 19.6 Å². The molecule has 0 fully saturated rings. The highest BCUT2D eigenvalue weighted by Gasteiger charge is 2.26. The van der Waals surface area contributed by atoms with E-state index in [0.29, 0.717) is 6.61 Å². The summed E-state index contributed by atoms with van der Waals surface area (Å²) >= 11 is 0. The minimum absolute atomic E-state index is 0.0643. The molecule has 0 amide bonds. The van der Waals surface area contributed by atoms with Gasteiger partial charge in [-0.15, -0.1) is 0 Å². The van der Waals surface area contributed by atoms with E-state index in [4.69, 9.17) is 18.9 Å². The van der Waals surface area contributed by atoms with Crippen molar-refractivity contribution in [2.75, 3.05) is 26.6 Å². The highest BCUT2D eigenvalue weighted by molar-refractivity contribution is 6.76. The molecule has 0 aromatic heterocycles. The number of hydrogen-bond acceptors (Lipinski definition) is 5. The van der Waals surface area contributed by atoms with Crippen molar-refractivity contribution in [3.05, 3.63) is 29.6 Å². The Labute approximate surface area is 158 Å². The van der Waals surface area contributed by atoms with Crippen LogP contribution in [0.15, 0.2) is 18.2 Å². The molecule has 5 nitrogen and oxygen atoms in total. The quantitative estimate of drug-likeness (QED) is 0.222. The maximum Gasteiger partial charge on any atom is 0.340 e. The molecule has 0 aliphatic carbocycles. The van der Waals surface area contributed by atoms with E-state index < -0.39 is 39.0 Å². The molecular formula is C18H27F3O5Si. The second kappa shape index (κ2) is 11.3. The lowest BCUT2D eigenvalue weighted by molar-refractivity contribution is -0.167. The minimum atomic E-state index is -2.67. The predicted octanol–water partition coefficient (Wildman–Crippen LogP) is 4.40. The van der Waals surface area contributed by atoms with Gasteiger partial charge in [-0.05, 0) is 25.1 Å². The number of rotatable bonds is 12. The highest BCUT2D eigenvalue weighted by atomic mass is 28.3. The van der Waals surface area contributed by atoms with Gasteiger partial charge in [0.2, 0.25) is 0 Å². The van der Waals surface area contributed by atoms with E-state index in [9.17, 15) is 18.0 Å². The zero-order chi connectivity index (χ0) is 20.4. The number of hydrogen-bond donors (Lipinski definition) is 0. The summed E-state index contributed by atoms with van der Waals surface area (Å²) in [6, 6.07) is 4.40. The van der Waals surface area contributed by atoms with Gasteiger partial charge in [0.05, 0.1) is 6.61 Å². The van der Waals surface area contributed by atoms with E-state index in [1.165, 1.54) is 12.1 Å². The summed E-state index contributed by atoms with van der Waals surface area (Å²) in [5.74, 6) is -1.64. The van der Waals surface area contributed by atoms with E-state index in [1.54, 1.807) is 6.92 Å². The topological polar surface area (TPSA) is 54.0 Å². The summed E-state index contributed by atoms with van der Waals surface area (Å²) < 4.78 is 59.2. The van der Waals surface area contributed by atoms with Gasteiger partial charge in [0, 0.05) is 26.3 Å². The Morgan fingerprint density at radius 2 is 1.93 bits per heavy atom. The monoisotopic (exact) mass is 408 g/mol.